The zero-order valence-electron chi connectivity index (χ0n) is 12.1. The van der Waals surface area contributed by atoms with Gasteiger partial charge in [-0.2, -0.15) is 4.98 Å². The maximum Gasteiger partial charge on any atom is 0.295 e. The molecule has 6 heteroatoms. The van der Waals surface area contributed by atoms with Crippen molar-refractivity contribution in [2.75, 3.05) is 5.32 Å². The molecule has 21 heavy (non-hydrogen) atoms. The van der Waals surface area contributed by atoms with Gasteiger partial charge >= 0.3 is 0 Å². The number of anilines is 1. The zero-order chi connectivity index (χ0) is 15.0. The molecule has 0 saturated heterocycles. The van der Waals surface area contributed by atoms with Gasteiger partial charge in [0.1, 0.15) is 0 Å². The number of nitrogens with one attached hydrogen (secondary N) is 1. The quantitative estimate of drug-likeness (QED) is 0.782. The van der Waals surface area contributed by atoms with Crippen LogP contribution in [-0.4, -0.2) is 25.5 Å². The molecular formula is C15H15N5O. The Hall–Kier alpha value is -2.76. The Labute approximate surface area is 121 Å². The van der Waals surface area contributed by atoms with Crippen molar-refractivity contribution < 1.29 is 4.79 Å². The molecular weight excluding hydrogens is 266 g/mol. The topological polar surface area (TPSA) is 72.2 Å². The number of fused-ring (bicyclic) bond motifs is 1. The number of amides is 1. The second kappa shape index (κ2) is 4.97. The summed E-state index contributed by atoms with van der Waals surface area (Å²) in [6.45, 7) is 5.72. The Morgan fingerprint density at radius 1 is 1.14 bits per heavy atom. The maximum absolute atomic E-state index is 12.3. The van der Waals surface area contributed by atoms with Gasteiger partial charge in [0.15, 0.2) is 0 Å². The molecule has 0 saturated carbocycles. The number of para-hydroxylation sites is 1. The fourth-order valence-corrected chi connectivity index (χ4v) is 2.15. The van der Waals surface area contributed by atoms with E-state index in [1.807, 2.05) is 51.1 Å². The summed E-state index contributed by atoms with van der Waals surface area (Å²) in [4.78, 5) is 20.7. The largest absolute Gasteiger partial charge is 0.319 e. The van der Waals surface area contributed by atoms with Crippen molar-refractivity contribution in [3.05, 3.63) is 53.1 Å². The maximum atomic E-state index is 12.3. The van der Waals surface area contributed by atoms with Gasteiger partial charge in [0.25, 0.3) is 11.7 Å². The van der Waals surface area contributed by atoms with E-state index in [9.17, 15) is 4.79 Å². The molecule has 1 N–H and O–H groups in total. The first kappa shape index (κ1) is 13.2. The van der Waals surface area contributed by atoms with Crippen LogP contribution in [0.5, 0.6) is 0 Å². The van der Waals surface area contributed by atoms with E-state index >= 15 is 0 Å². The normalized spacial score (nSPS) is 10.8. The van der Waals surface area contributed by atoms with Crippen LogP contribution in [0.3, 0.4) is 0 Å². The van der Waals surface area contributed by atoms with E-state index in [1.54, 1.807) is 4.52 Å². The zero-order valence-corrected chi connectivity index (χ0v) is 12.1. The molecule has 6 nitrogen and oxygen atoms in total. The molecule has 2 heterocycles. The molecule has 0 spiro atoms. The fourth-order valence-electron chi connectivity index (χ4n) is 2.15. The molecule has 0 atom stereocenters. The van der Waals surface area contributed by atoms with Gasteiger partial charge in [-0.3, -0.25) is 4.79 Å². The number of carbonyl (C=O) groups is 1. The van der Waals surface area contributed by atoms with Crippen LogP contribution >= 0.6 is 0 Å². The first-order valence-electron chi connectivity index (χ1n) is 6.62. The smallest absolute Gasteiger partial charge is 0.295 e. The van der Waals surface area contributed by atoms with E-state index in [4.69, 9.17) is 0 Å². The van der Waals surface area contributed by atoms with Gasteiger partial charge in [-0.25, -0.2) is 9.50 Å². The predicted molar refractivity (Wildman–Crippen MR) is 79.4 cm³/mol. The highest BCUT2D eigenvalue weighted by Gasteiger charge is 2.15. The predicted octanol–water partition coefficient (Wildman–Crippen LogP) is 2.30. The molecule has 0 aliphatic rings. The molecule has 2 aromatic heterocycles. The molecule has 0 unspecified atom stereocenters. The molecule has 1 aromatic carbocycles. The summed E-state index contributed by atoms with van der Waals surface area (Å²) >= 11 is 0. The number of rotatable bonds is 2. The van der Waals surface area contributed by atoms with Crippen molar-refractivity contribution >= 4 is 17.4 Å². The highest BCUT2D eigenvalue weighted by atomic mass is 16.2. The van der Waals surface area contributed by atoms with Crippen molar-refractivity contribution in [3.63, 3.8) is 0 Å². The molecule has 3 rings (SSSR count). The van der Waals surface area contributed by atoms with Gasteiger partial charge in [0, 0.05) is 17.1 Å². The summed E-state index contributed by atoms with van der Waals surface area (Å²) in [7, 11) is 0. The van der Waals surface area contributed by atoms with Crippen LogP contribution < -0.4 is 5.32 Å². The number of aryl methyl sites for hydroxylation is 3. The Morgan fingerprint density at radius 3 is 2.67 bits per heavy atom. The summed E-state index contributed by atoms with van der Waals surface area (Å²) in [5, 5.41) is 7.03. The molecule has 0 bridgehead atoms. The highest BCUT2D eigenvalue weighted by Crippen LogP contribution is 2.14. The third-order valence-corrected chi connectivity index (χ3v) is 3.21. The molecule has 0 fully saturated rings. The number of benzene rings is 1. The minimum Gasteiger partial charge on any atom is -0.319 e. The lowest BCUT2D eigenvalue weighted by molar-refractivity contribution is 0.101. The Morgan fingerprint density at radius 2 is 1.90 bits per heavy atom. The lowest BCUT2D eigenvalue weighted by Crippen LogP contribution is -2.14. The summed E-state index contributed by atoms with van der Waals surface area (Å²) < 4.78 is 1.57. The van der Waals surface area contributed by atoms with Crippen LogP contribution in [0.1, 0.15) is 27.6 Å². The fraction of sp³-hybridized carbons (Fsp3) is 0.200. The number of aromatic nitrogens is 4. The van der Waals surface area contributed by atoms with Gasteiger partial charge in [0.2, 0.25) is 5.82 Å². The van der Waals surface area contributed by atoms with Crippen LogP contribution in [0.2, 0.25) is 0 Å². The van der Waals surface area contributed by atoms with Gasteiger partial charge in [-0.15, -0.1) is 5.10 Å². The molecule has 0 aliphatic heterocycles. The van der Waals surface area contributed by atoms with Crippen LogP contribution in [-0.2, 0) is 0 Å². The van der Waals surface area contributed by atoms with Gasteiger partial charge in [-0.1, -0.05) is 18.2 Å². The van der Waals surface area contributed by atoms with Gasteiger partial charge < -0.3 is 5.32 Å². The third-order valence-electron chi connectivity index (χ3n) is 3.21. The van der Waals surface area contributed by atoms with E-state index in [0.29, 0.717) is 5.78 Å². The van der Waals surface area contributed by atoms with Crippen molar-refractivity contribution in [2.24, 2.45) is 0 Å². The van der Waals surface area contributed by atoms with Crippen LogP contribution in [0.4, 0.5) is 5.69 Å². The molecule has 3 aromatic rings. The van der Waals surface area contributed by atoms with E-state index in [2.05, 4.69) is 20.4 Å². The van der Waals surface area contributed by atoms with Crippen LogP contribution in [0.15, 0.2) is 30.3 Å². The first-order valence-corrected chi connectivity index (χ1v) is 6.62. The van der Waals surface area contributed by atoms with E-state index in [1.165, 1.54) is 0 Å². The molecule has 106 valence electrons. The summed E-state index contributed by atoms with van der Waals surface area (Å²) in [5.74, 6) is 0.203. The second-order valence-corrected chi connectivity index (χ2v) is 4.96. The van der Waals surface area contributed by atoms with Crippen LogP contribution in [0.25, 0.3) is 5.78 Å². The van der Waals surface area contributed by atoms with Crippen molar-refractivity contribution in [1.29, 1.82) is 0 Å². The Bertz CT molecular complexity index is 837. The van der Waals surface area contributed by atoms with Crippen molar-refractivity contribution in [2.45, 2.75) is 20.8 Å². The average Bonchev–Trinajstić information content (AvgIpc) is 2.85. The van der Waals surface area contributed by atoms with E-state index in [0.717, 1.165) is 22.6 Å². The number of hydrogen-bond acceptors (Lipinski definition) is 4. The van der Waals surface area contributed by atoms with Gasteiger partial charge in [-0.05, 0) is 38.5 Å². The third kappa shape index (κ3) is 2.47. The van der Waals surface area contributed by atoms with Crippen molar-refractivity contribution in [1.82, 2.24) is 19.6 Å². The monoisotopic (exact) mass is 281 g/mol. The van der Waals surface area contributed by atoms with Crippen LogP contribution in [0, 0.1) is 20.8 Å². The van der Waals surface area contributed by atoms with Gasteiger partial charge in [0.05, 0.1) is 0 Å². The lowest BCUT2D eigenvalue weighted by Gasteiger charge is -2.05. The number of hydrogen-bond donors (Lipinski definition) is 1. The second-order valence-electron chi connectivity index (χ2n) is 4.96. The summed E-state index contributed by atoms with van der Waals surface area (Å²) in [6.07, 6.45) is 0. The number of carbonyl (C=O) groups excluding carboxylic acids is 1. The molecule has 0 aliphatic carbocycles. The summed E-state index contributed by atoms with van der Waals surface area (Å²) in [6, 6.07) is 9.46. The highest BCUT2D eigenvalue weighted by molar-refractivity contribution is 6.02. The SMILES string of the molecule is Cc1cc(C)n2nc(C(=O)Nc3ccccc3C)nc2n1. The average molecular weight is 281 g/mol. The molecule has 0 radical (unpaired) electrons. The lowest BCUT2D eigenvalue weighted by atomic mass is 10.2. The van der Waals surface area contributed by atoms with Crippen molar-refractivity contribution in [3.8, 4) is 0 Å². The Balaban J connectivity index is 1.95. The minimum atomic E-state index is -0.341. The Kier molecular flexibility index (Phi) is 3.13. The minimum absolute atomic E-state index is 0.111. The summed E-state index contributed by atoms with van der Waals surface area (Å²) in [5.41, 5.74) is 3.47. The van der Waals surface area contributed by atoms with E-state index < -0.39 is 0 Å². The number of nitrogens with zero attached hydrogens (tertiary/aromatic N) is 4. The van der Waals surface area contributed by atoms with E-state index in [-0.39, 0.29) is 11.7 Å². The standard InChI is InChI=1S/C15H15N5O/c1-9-6-4-5-7-12(9)17-14(21)13-18-15-16-10(2)8-11(3)20(15)19-13/h4-8H,1-3H3,(H,17,21). The first-order chi connectivity index (χ1) is 10.0. The molecule has 1 amide bonds.